The van der Waals surface area contributed by atoms with Gasteiger partial charge in [0.25, 0.3) is 0 Å². The zero-order valence-electron chi connectivity index (χ0n) is 11.0. The average Bonchev–Trinajstić information content (AvgIpc) is 2.46. The van der Waals surface area contributed by atoms with Crippen LogP contribution in [0.5, 0.6) is 0 Å². The first-order chi connectivity index (χ1) is 7.46. The van der Waals surface area contributed by atoms with Crippen LogP contribution in [-0.4, -0.2) is 41.8 Å². The molecule has 2 fully saturated rings. The maximum absolute atomic E-state index is 11.6. The lowest BCUT2D eigenvalue weighted by atomic mass is 9.74. The molecule has 2 aliphatic rings. The fourth-order valence-electron chi connectivity index (χ4n) is 3.53. The highest BCUT2D eigenvalue weighted by atomic mass is 32.2. The molecule has 0 radical (unpaired) electrons. The molecule has 2 unspecified atom stereocenters. The molecule has 0 amide bonds. The third kappa shape index (κ3) is 2.37. The van der Waals surface area contributed by atoms with E-state index in [1.807, 2.05) is 27.7 Å². The Morgan fingerprint density at radius 3 is 2.18 bits per heavy atom. The van der Waals surface area contributed by atoms with Crippen LogP contribution in [0.25, 0.3) is 0 Å². The van der Waals surface area contributed by atoms with Crippen molar-refractivity contribution >= 4 is 9.84 Å². The van der Waals surface area contributed by atoms with E-state index in [1.165, 1.54) is 0 Å². The molecule has 17 heavy (non-hydrogen) atoms. The van der Waals surface area contributed by atoms with Crippen molar-refractivity contribution in [1.82, 2.24) is 0 Å². The van der Waals surface area contributed by atoms with E-state index >= 15 is 0 Å². The van der Waals surface area contributed by atoms with Crippen LogP contribution in [-0.2, 0) is 14.6 Å². The van der Waals surface area contributed by atoms with Gasteiger partial charge in [0.15, 0.2) is 9.84 Å². The van der Waals surface area contributed by atoms with Crippen molar-refractivity contribution in [1.29, 1.82) is 0 Å². The Morgan fingerprint density at radius 1 is 1.24 bits per heavy atom. The average molecular weight is 262 g/mol. The highest BCUT2D eigenvalue weighted by Crippen LogP contribution is 2.49. The molecule has 2 aliphatic heterocycles. The summed E-state index contributed by atoms with van der Waals surface area (Å²) in [6, 6.07) is 0. The van der Waals surface area contributed by atoms with E-state index in [4.69, 9.17) is 4.74 Å². The second-order valence-corrected chi connectivity index (χ2v) is 8.85. The van der Waals surface area contributed by atoms with Gasteiger partial charge < -0.3 is 9.84 Å². The van der Waals surface area contributed by atoms with Gasteiger partial charge >= 0.3 is 0 Å². The predicted molar refractivity (Wildman–Crippen MR) is 65.6 cm³/mol. The summed E-state index contributed by atoms with van der Waals surface area (Å²) in [7, 11) is -3.08. The van der Waals surface area contributed by atoms with Crippen molar-refractivity contribution in [3.8, 4) is 0 Å². The molecule has 5 heteroatoms. The van der Waals surface area contributed by atoms with Gasteiger partial charge in [-0.1, -0.05) is 0 Å². The van der Waals surface area contributed by atoms with Crippen molar-refractivity contribution < 1.29 is 18.3 Å². The normalized spacial score (nSPS) is 42.8. The molecule has 0 aromatic rings. The molecule has 0 aliphatic carbocycles. The van der Waals surface area contributed by atoms with E-state index in [2.05, 4.69) is 0 Å². The van der Waals surface area contributed by atoms with Gasteiger partial charge in [0.2, 0.25) is 0 Å². The van der Waals surface area contributed by atoms with E-state index in [0.717, 1.165) is 0 Å². The Morgan fingerprint density at radius 2 is 1.82 bits per heavy atom. The molecule has 1 N–H and O–H groups in total. The van der Waals surface area contributed by atoms with Crippen LogP contribution in [0.15, 0.2) is 0 Å². The zero-order valence-corrected chi connectivity index (χ0v) is 11.8. The molecule has 0 saturated carbocycles. The Labute approximate surface area is 103 Å². The van der Waals surface area contributed by atoms with Crippen molar-refractivity contribution in [2.24, 2.45) is 5.92 Å². The van der Waals surface area contributed by atoms with Gasteiger partial charge in [-0.25, -0.2) is 8.42 Å². The molecular weight excluding hydrogens is 240 g/mol. The summed E-state index contributed by atoms with van der Waals surface area (Å²) < 4.78 is 29.1. The van der Waals surface area contributed by atoms with E-state index in [1.54, 1.807) is 0 Å². The highest BCUT2D eigenvalue weighted by Gasteiger charge is 2.58. The molecule has 0 aromatic carbocycles. The van der Waals surface area contributed by atoms with Crippen molar-refractivity contribution in [3.05, 3.63) is 0 Å². The largest absolute Gasteiger partial charge is 0.388 e. The first-order valence-electron chi connectivity index (χ1n) is 6.09. The third-order valence-electron chi connectivity index (χ3n) is 4.04. The number of ether oxygens (including phenoxy) is 1. The number of aliphatic hydroxyl groups is 1. The van der Waals surface area contributed by atoms with Gasteiger partial charge in [0.1, 0.15) is 0 Å². The van der Waals surface area contributed by atoms with Crippen LogP contribution in [0, 0.1) is 5.92 Å². The first-order valence-corrected chi connectivity index (χ1v) is 7.91. The second-order valence-electron chi connectivity index (χ2n) is 6.67. The monoisotopic (exact) mass is 262 g/mol. The fraction of sp³-hybridized carbons (Fsp3) is 1.00. The zero-order chi connectivity index (χ0) is 13.1. The summed E-state index contributed by atoms with van der Waals surface area (Å²) in [6.45, 7) is 7.85. The maximum Gasteiger partial charge on any atom is 0.153 e. The number of rotatable bonds is 1. The van der Waals surface area contributed by atoms with E-state index < -0.39 is 21.0 Å². The van der Waals surface area contributed by atoms with Gasteiger partial charge in [0.05, 0.1) is 28.3 Å². The first kappa shape index (κ1) is 13.3. The highest BCUT2D eigenvalue weighted by molar-refractivity contribution is 7.91. The van der Waals surface area contributed by atoms with Gasteiger partial charge in [-0.2, -0.15) is 0 Å². The van der Waals surface area contributed by atoms with E-state index in [-0.39, 0.29) is 23.0 Å². The SMILES string of the molecule is CC1(C)CC(C2(O)CCS(=O)(=O)C2)C(C)(C)O1. The smallest absolute Gasteiger partial charge is 0.153 e. The molecule has 4 nitrogen and oxygen atoms in total. The quantitative estimate of drug-likeness (QED) is 0.769. The van der Waals surface area contributed by atoms with Gasteiger partial charge in [0, 0.05) is 5.92 Å². The Bertz CT molecular complexity index is 424. The van der Waals surface area contributed by atoms with Crippen molar-refractivity contribution in [2.45, 2.75) is 57.3 Å². The third-order valence-corrected chi connectivity index (χ3v) is 5.80. The Kier molecular flexibility index (Phi) is 2.70. The van der Waals surface area contributed by atoms with E-state index in [9.17, 15) is 13.5 Å². The minimum atomic E-state index is -3.08. The summed E-state index contributed by atoms with van der Waals surface area (Å²) in [5, 5.41) is 10.6. The topological polar surface area (TPSA) is 63.6 Å². The molecule has 2 saturated heterocycles. The standard InChI is InChI=1S/C12H22O4S/c1-10(2)7-9(11(3,4)16-10)12(13)5-6-17(14,15)8-12/h9,13H,5-8H2,1-4H3. The number of hydrogen-bond acceptors (Lipinski definition) is 4. The van der Waals surface area contributed by atoms with Gasteiger partial charge in [-0.05, 0) is 40.5 Å². The lowest BCUT2D eigenvalue weighted by Crippen LogP contribution is -2.47. The van der Waals surface area contributed by atoms with Crippen LogP contribution >= 0.6 is 0 Å². The molecule has 0 bridgehead atoms. The maximum atomic E-state index is 11.6. The summed E-state index contributed by atoms with van der Waals surface area (Å²) in [5.74, 6) is -0.147. The summed E-state index contributed by atoms with van der Waals surface area (Å²) in [5.41, 5.74) is -1.88. The molecule has 2 rings (SSSR count). The number of sulfone groups is 1. The molecule has 0 aromatic heterocycles. The second kappa shape index (κ2) is 3.45. The Hall–Kier alpha value is -0.130. The van der Waals surface area contributed by atoms with Crippen LogP contribution in [0.3, 0.4) is 0 Å². The minimum Gasteiger partial charge on any atom is -0.388 e. The van der Waals surface area contributed by atoms with Crippen molar-refractivity contribution in [3.63, 3.8) is 0 Å². The van der Waals surface area contributed by atoms with Gasteiger partial charge in [-0.3, -0.25) is 0 Å². The molecule has 2 atom stereocenters. The van der Waals surface area contributed by atoms with Crippen LogP contribution in [0.4, 0.5) is 0 Å². The number of hydrogen-bond donors (Lipinski definition) is 1. The molecular formula is C12H22O4S. The van der Waals surface area contributed by atoms with Crippen LogP contribution < -0.4 is 0 Å². The summed E-state index contributed by atoms with van der Waals surface area (Å²) >= 11 is 0. The van der Waals surface area contributed by atoms with Gasteiger partial charge in [-0.15, -0.1) is 0 Å². The predicted octanol–water partition coefficient (Wildman–Crippen LogP) is 1.13. The van der Waals surface area contributed by atoms with Crippen LogP contribution in [0.1, 0.15) is 40.5 Å². The fourth-order valence-corrected chi connectivity index (χ4v) is 5.45. The lowest BCUT2D eigenvalue weighted by molar-refractivity contribution is -0.106. The van der Waals surface area contributed by atoms with Crippen LogP contribution in [0.2, 0.25) is 0 Å². The minimum absolute atomic E-state index is 0.0938. The lowest BCUT2D eigenvalue weighted by Gasteiger charge is -2.36. The molecule has 0 spiro atoms. The van der Waals surface area contributed by atoms with E-state index in [0.29, 0.717) is 12.8 Å². The Balaban J connectivity index is 2.30. The van der Waals surface area contributed by atoms with Crippen molar-refractivity contribution in [2.75, 3.05) is 11.5 Å². The summed E-state index contributed by atoms with van der Waals surface area (Å²) in [6.07, 6.45) is 1.04. The molecule has 2 heterocycles. The molecule has 100 valence electrons. The summed E-state index contributed by atoms with van der Waals surface area (Å²) in [4.78, 5) is 0.